The molecule has 108 valence electrons. The number of aromatic nitrogens is 1. The van der Waals surface area contributed by atoms with E-state index in [9.17, 15) is 14.8 Å². The highest BCUT2D eigenvalue weighted by atomic mass is 16.5. The summed E-state index contributed by atoms with van der Waals surface area (Å²) in [6.45, 7) is 0.326. The lowest BCUT2D eigenvalue weighted by Crippen LogP contribution is -2.27. The van der Waals surface area contributed by atoms with Crippen LogP contribution in [0.3, 0.4) is 0 Å². The summed E-state index contributed by atoms with van der Waals surface area (Å²) in [4.78, 5) is 23.1. The Hall–Kier alpha value is -2.89. The average Bonchev–Trinajstić information content (AvgIpc) is 2.53. The monoisotopic (exact) mass is 286 g/mol. The van der Waals surface area contributed by atoms with Crippen LogP contribution in [0.2, 0.25) is 0 Å². The zero-order valence-electron chi connectivity index (χ0n) is 11.4. The van der Waals surface area contributed by atoms with Crippen LogP contribution < -0.4 is 10.0 Å². The number of pyridine rings is 1. The Bertz CT molecular complexity index is 636. The van der Waals surface area contributed by atoms with Gasteiger partial charge in [-0.2, -0.15) is 4.73 Å². The predicted octanol–water partition coefficient (Wildman–Crippen LogP) is 1.04. The van der Waals surface area contributed by atoms with Crippen molar-refractivity contribution in [2.45, 2.75) is 6.54 Å². The van der Waals surface area contributed by atoms with Gasteiger partial charge in [0.25, 0.3) is 5.91 Å². The summed E-state index contributed by atoms with van der Waals surface area (Å²) in [5, 5.41) is 13.6. The molecule has 1 amide bonds. The van der Waals surface area contributed by atoms with Crippen molar-refractivity contribution in [3.05, 3.63) is 70.7 Å². The number of hydrogen-bond donors (Lipinski definition) is 1. The molecule has 0 radical (unpaired) electrons. The number of benzene rings is 1. The first-order valence-corrected chi connectivity index (χ1v) is 6.24. The molecule has 6 nitrogen and oxygen atoms in total. The first kappa shape index (κ1) is 14.5. The highest BCUT2D eigenvalue weighted by molar-refractivity contribution is 5.93. The lowest BCUT2D eigenvalue weighted by Gasteiger charge is -2.06. The van der Waals surface area contributed by atoms with E-state index in [0.717, 1.165) is 5.56 Å². The summed E-state index contributed by atoms with van der Waals surface area (Å²) >= 11 is 0. The lowest BCUT2D eigenvalue weighted by molar-refractivity contribution is -0.605. The van der Waals surface area contributed by atoms with Gasteiger partial charge in [-0.3, -0.25) is 4.79 Å². The summed E-state index contributed by atoms with van der Waals surface area (Å²) in [6.07, 6.45) is 2.53. The van der Waals surface area contributed by atoms with Crippen molar-refractivity contribution >= 4 is 11.9 Å². The Labute approximate surface area is 121 Å². The van der Waals surface area contributed by atoms with Gasteiger partial charge in [0.15, 0.2) is 12.4 Å². The van der Waals surface area contributed by atoms with Crippen molar-refractivity contribution in [2.75, 3.05) is 7.11 Å². The van der Waals surface area contributed by atoms with Crippen molar-refractivity contribution in [3.63, 3.8) is 0 Å². The molecule has 1 N–H and O–H groups in total. The third kappa shape index (κ3) is 3.79. The standard InChI is InChI=1S/C15H14N2O4/c1-21-15(19)13-4-2-11(3-5-13)10-16-14(18)12-6-8-17(20)9-7-12/h2-9H,10H2,1H3,(H,16,18). The number of carbonyl (C=O) groups is 2. The van der Waals surface area contributed by atoms with E-state index in [4.69, 9.17) is 0 Å². The zero-order valence-corrected chi connectivity index (χ0v) is 11.4. The molecule has 0 spiro atoms. The molecule has 0 saturated carbocycles. The Kier molecular flexibility index (Phi) is 4.50. The molecule has 0 unspecified atom stereocenters. The Morgan fingerprint density at radius 1 is 1.10 bits per heavy atom. The van der Waals surface area contributed by atoms with Gasteiger partial charge in [-0.1, -0.05) is 12.1 Å². The van der Waals surface area contributed by atoms with E-state index in [2.05, 4.69) is 10.1 Å². The summed E-state index contributed by atoms with van der Waals surface area (Å²) < 4.78 is 5.22. The molecular weight excluding hydrogens is 272 g/mol. The highest BCUT2D eigenvalue weighted by Crippen LogP contribution is 2.06. The van der Waals surface area contributed by atoms with Crippen LogP contribution in [0, 0.1) is 5.21 Å². The fourth-order valence-corrected chi connectivity index (χ4v) is 1.73. The molecule has 2 aromatic rings. The molecule has 0 aliphatic rings. The molecular formula is C15H14N2O4. The van der Waals surface area contributed by atoms with Crippen molar-refractivity contribution < 1.29 is 19.1 Å². The number of nitrogens with one attached hydrogen (secondary N) is 1. The van der Waals surface area contributed by atoms with Crippen molar-refractivity contribution in [1.82, 2.24) is 5.32 Å². The van der Waals surface area contributed by atoms with E-state index in [0.29, 0.717) is 22.4 Å². The molecule has 0 bridgehead atoms. The molecule has 1 aromatic carbocycles. The summed E-state index contributed by atoms with van der Waals surface area (Å²) in [5.41, 5.74) is 1.72. The summed E-state index contributed by atoms with van der Waals surface area (Å²) in [7, 11) is 1.32. The maximum Gasteiger partial charge on any atom is 0.337 e. The predicted molar refractivity (Wildman–Crippen MR) is 74.4 cm³/mol. The van der Waals surface area contributed by atoms with Gasteiger partial charge in [0, 0.05) is 18.7 Å². The second-order valence-electron chi connectivity index (χ2n) is 4.32. The van der Waals surface area contributed by atoms with Gasteiger partial charge in [0.1, 0.15) is 0 Å². The van der Waals surface area contributed by atoms with Crippen LogP contribution >= 0.6 is 0 Å². The molecule has 0 aliphatic heterocycles. The molecule has 0 aliphatic carbocycles. The van der Waals surface area contributed by atoms with Crippen LogP contribution in [0.1, 0.15) is 26.3 Å². The van der Waals surface area contributed by atoms with E-state index in [1.54, 1.807) is 24.3 Å². The average molecular weight is 286 g/mol. The fourth-order valence-electron chi connectivity index (χ4n) is 1.73. The van der Waals surface area contributed by atoms with E-state index in [1.165, 1.54) is 31.6 Å². The maximum absolute atomic E-state index is 11.9. The molecule has 2 rings (SSSR count). The number of rotatable bonds is 4. The second-order valence-corrected chi connectivity index (χ2v) is 4.32. The minimum Gasteiger partial charge on any atom is -0.619 e. The second kappa shape index (κ2) is 6.51. The van der Waals surface area contributed by atoms with Gasteiger partial charge in [-0.25, -0.2) is 4.79 Å². The summed E-state index contributed by atoms with van der Waals surface area (Å²) in [5.74, 6) is -0.673. The Morgan fingerprint density at radius 3 is 2.29 bits per heavy atom. The van der Waals surface area contributed by atoms with Crippen molar-refractivity contribution in [2.24, 2.45) is 0 Å². The van der Waals surface area contributed by atoms with Gasteiger partial charge in [-0.05, 0) is 17.7 Å². The molecule has 0 fully saturated rings. The first-order valence-electron chi connectivity index (χ1n) is 6.24. The van der Waals surface area contributed by atoms with Gasteiger partial charge in [-0.15, -0.1) is 0 Å². The Balaban J connectivity index is 1.95. The van der Waals surface area contributed by atoms with E-state index < -0.39 is 5.97 Å². The molecule has 0 saturated heterocycles. The quantitative estimate of drug-likeness (QED) is 0.517. The van der Waals surface area contributed by atoms with Gasteiger partial charge >= 0.3 is 5.97 Å². The fraction of sp³-hybridized carbons (Fsp3) is 0.133. The van der Waals surface area contributed by atoms with E-state index in [1.807, 2.05) is 0 Å². The third-order valence-corrected chi connectivity index (χ3v) is 2.89. The van der Waals surface area contributed by atoms with E-state index in [-0.39, 0.29) is 5.91 Å². The van der Waals surface area contributed by atoms with E-state index >= 15 is 0 Å². The van der Waals surface area contributed by atoms with Crippen LogP contribution in [-0.4, -0.2) is 19.0 Å². The molecule has 6 heteroatoms. The number of ether oxygens (including phenoxy) is 1. The highest BCUT2D eigenvalue weighted by Gasteiger charge is 2.07. The van der Waals surface area contributed by atoms with Gasteiger partial charge < -0.3 is 15.3 Å². The smallest absolute Gasteiger partial charge is 0.337 e. The van der Waals surface area contributed by atoms with Crippen LogP contribution in [0.15, 0.2) is 48.8 Å². The maximum atomic E-state index is 11.9. The SMILES string of the molecule is COC(=O)c1ccc(CNC(=O)c2cc[n+]([O-])cc2)cc1. The van der Waals surface area contributed by atoms with Crippen molar-refractivity contribution in [1.29, 1.82) is 0 Å². The van der Waals surface area contributed by atoms with Crippen LogP contribution in [0.25, 0.3) is 0 Å². The molecule has 1 aromatic heterocycles. The number of nitrogens with zero attached hydrogens (tertiary/aromatic N) is 1. The largest absolute Gasteiger partial charge is 0.619 e. The number of amides is 1. The minimum atomic E-state index is -0.402. The topological polar surface area (TPSA) is 82.3 Å². The number of hydrogen-bond acceptors (Lipinski definition) is 4. The van der Waals surface area contributed by atoms with Gasteiger partial charge in [0.2, 0.25) is 0 Å². The molecule has 0 atom stereocenters. The number of methoxy groups -OCH3 is 1. The van der Waals surface area contributed by atoms with Crippen LogP contribution in [0.5, 0.6) is 0 Å². The number of carbonyl (C=O) groups excluding carboxylic acids is 2. The van der Waals surface area contributed by atoms with Gasteiger partial charge in [0.05, 0.1) is 18.2 Å². The lowest BCUT2D eigenvalue weighted by atomic mass is 10.1. The van der Waals surface area contributed by atoms with Crippen LogP contribution in [0.4, 0.5) is 0 Å². The van der Waals surface area contributed by atoms with Crippen molar-refractivity contribution in [3.8, 4) is 0 Å². The zero-order chi connectivity index (χ0) is 15.2. The normalized spacial score (nSPS) is 9.95. The molecule has 21 heavy (non-hydrogen) atoms. The number of esters is 1. The first-order chi connectivity index (χ1) is 10.1. The third-order valence-electron chi connectivity index (χ3n) is 2.89. The Morgan fingerprint density at radius 2 is 1.71 bits per heavy atom. The van der Waals surface area contributed by atoms with Crippen LogP contribution in [-0.2, 0) is 11.3 Å². The molecule has 1 heterocycles. The minimum absolute atomic E-state index is 0.271. The summed E-state index contributed by atoms with van der Waals surface area (Å²) in [6, 6.07) is 9.64.